The van der Waals surface area contributed by atoms with Crippen LogP contribution in [-0.2, 0) is 23.4 Å². The van der Waals surface area contributed by atoms with Crippen molar-refractivity contribution in [3.05, 3.63) is 48.7 Å². The maximum Gasteiger partial charge on any atom is 0.247 e. The number of aryl methyl sites for hydroxylation is 1. The first-order chi connectivity index (χ1) is 12.4. The summed E-state index contributed by atoms with van der Waals surface area (Å²) in [6, 6.07) is 6.48. The number of aromatic nitrogens is 5. The number of sulfone groups is 1. The first-order valence-corrected chi connectivity index (χ1v) is 9.74. The minimum Gasteiger partial charge on any atom is -0.336 e. The van der Waals surface area contributed by atoms with Crippen molar-refractivity contribution < 1.29 is 8.42 Å². The van der Waals surface area contributed by atoms with E-state index in [2.05, 4.69) is 20.5 Å². The molecule has 26 heavy (non-hydrogen) atoms. The largest absolute Gasteiger partial charge is 0.336 e. The highest BCUT2D eigenvalue weighted by Gasteiger charge is 2.17. The van der Waals surface area contributed by atoms with Gasteiger partial charge in [0.15, 0.2) is 15.7 Å². The van der Waals surface area contributed by atoms with E-state index in [9.17, 15) is 8.42 Å². The Labute approximate surface area is 150 Å². The van der Waals surface area contributed by atoms with Crippen LogP contribution in [0.2, 0.25) is 0 Å². The van der Waals surface area contributed by atoms with Gasteiger partial charge in [-0.05, 0) is 24.3 Å². The van der Waals surface area contributed by atoms with Crippen molar-refractivity contribution in [3.8, 4) is 0 Å². The third-order valence-electron chi connectivity index (χ3n) is 3.96. The van der Waals surface area contributed by atoms with Crippen LogP contribution in [-0.4, -0.2) is 39.2 Å². The highest BCUT2D eigenvalue weighted by atomic mass is 32.2. The molecule has 2 aromatic heterocycles. The van der Waals surface area contributed by atoms with Crippen LogP contribution >= 0.6 is 0 Å². The van der Waals surface area contributed by atoms with Crippen LogP contribution in [0.5, 0.6) is 0 Å². The van der Waals surface area contributed by atoms with Crippen molar-refractivity contribution in [3.63, 3.8) is 0 Å². The summed E-state index contributed by atoms with van der Waals surface area (Å²) in [5, 5.41) is 11.7. The van der Waals surface area contributed by atoms with E-state index in [-0.39, 0.29) is 4.90 Å². The van der Waals surface area contributed by atoms with Gasteiger partial charge in [-0.1, -0.05) is 0 Å². The smallest absolute Gasteiger partial charge is 0.247 e. The van der Waals surface area contributed by atoms with Crippen molar-refractivity contribution in [2.24, 2.45) is 7.05 Å². The zero-order valence-corrected chi connectivity index (χ0v) is 15.1. The second-order valence-corrected chi connectivity index (χ2v) is 8.03. The van der Waals surface area contributed by atoms with Crippen molar-refractivity contribution >= 4 is 33.4 Å². The van der Waals surface area contributed by atoms with Crippen LogP contribution in [0.4, 0.5) is 17.3 Å². The lowest BCUT2D eigenvalue weighted by molar-refractivity contribution is 0.602. The van der Waals surface area contributed by atoms with Gasteiger partial charge in [0.25, 0.3) is 0 Å². The summed E-state index contributed by atoms with van der Waals surface area (Å²) in [7, 11) is -1.34. The van der Waals surface area contributed by atoms with Gasteiger partial charge in [0, 0.05) is 37.6 Å². The van der Waals surface area contributed by atoms with Gasteiger partial charge in [-0.3, -0.25) is 4.68 Å². The molecule has 134 valence electrons. The third-order valence-corrected chi connectivity index (χ3v) is 5.09. The molecule has 0 bridgehead atoms. The zero-order chi connectivity index (χ0) is 18.3. The Balaban J connectivity index is 1.51. The Hall–Kier alpha value is -3.14. The highest BCUT2D eigenvalue weighted by molar-refractivity contribution is 7.90. The minimum atomic E-state index is -3.21. The Bertz CT molecular complexity index is 1080. The van der Waals surface area contributed by atoms with Crippen molar-refractivity contribution in [1.29, 1.82) is 0 Å². The van der Waals surface area contributed by atoms with Crippen LogP contribution in [0.25, 0.3) is 6.20 Å². The molecule has 0 atom stereocenters. The van der Waals surface area contributed by atoms with E-state index in [0.29, 0.717) is 18.2 Å². The van der Waals surface area contributed by atoms with Crippen LogP contribution in [0.1, 0.15) is 5.82 Å². The molecule has 3 aromatic rings. The molecular weight excluding hydrogens is 354 g/mol. The molecule has 0 unspecified atom stereocenters. The number of nitrogens with zero attached hydrogens (tertiary/aromatic N) is 6. The van der Waals surface area contributed by atoms with E-state index in [4.69, 9.17) is 0 Å². The molecule has 4 rings (SSSR count). The molecule has 1 aromatic carbocycles. The van der Waals surface area contributed by atoms with Gasteiger partial charge in [0.05, 0.1) is 23.3 Å². The highest BCUT2D eigenvalue weighted by Crippen LogP contribution is 2.22. The molecule has 1 N–H and O–H groups in total. The normalized spacial score (nSPS) is 13.7. The Morgan fingerprint density at radius 3 is 2.58 bits per heavy atom. The number of hydrogen-bond donors (Lipinski definition) is 1. The van der Waals surface area contributed by atoms with Gasteiger partial charge in [-0.15, -0.1) is 5.10 Å². The van der Waals surface area contributed by atoms with Crippen molar-refractivity contribution in [2.45, 2.75) is 11.4 Å². The molecule has 9 nitrogen and oxygen atoms in total. The van der Waals surface area contributed by atoms with E-state index in [1.54, 1.807) is 39.8 Å². The zero-order valence-electron chi connectivity index (χ0n) is 14.2. The molecule has 10 heteroatoms. The molecule has 0 saturated heterocycles. The Kier molecular flexibility index (Phi) is 3.76. The lowest BCUT2D eigenvalue weighted by Gasteiger charge is -2.20. The predicted octanol–water partition coefficient (Wildman–Crippen LogP) is 1.61. The molecule has 1 aliphatic heterocycles. The fourth-order valence-electron chi connectivity index (χ4n) is 2.63. The number of nitrogens with one attached hydrogen (secondary N) is 1. The maximum absolute atomic E-state index is 11.5. The fraction of sp³-hybridized carbons (Fsp3) is 0.188. The van der Waals surface area contributed by atoms with Crippen LogP contribution in [0.15, 0.2) is 47.8 Å². The van der Waals surface area contributed by atoms with Gasteiger partial charge in [-0.25, -0.2) is 13.1 Å². The lowest BCUT2D eigenvalue weighted by atomic mass is 10.3. The number of hydrogen-bond acceptors (Lipinski definition) is 7. The van der Waals surface area contributed by atoms with Crippen LogP contribution in [0, 0.1) is 0 Å². The average molecular weight is 371 g/mol. The molecule has 0 fully saturated rings. The van der Waals surface area contributed by atoms with E-state index in [1.807, 2.05) is 30.5 Å². The summed E-state index contributed by atoms with van der Waals surface area (Å²) in [5.74, 6) is 1.23. The summed E-state index contributed by atoms with van der Waals surface area (Å²) in [5.41, 5.74) is 1.69. The number of anilines is 3. The molecule has 0 saturated carbocycles. The summed E-state index contributed by atoms with van der Waals surface area (Å²) >= 11 is 0. The first-order valence-electron chi connectivity index (χ1n) is 7.85. The number of fused-ring (bicyclic) bond motifs is 1. The fourth-order valence-corrected chi connectivity index (χ4v) is 3.26. The monoisotopic (exact) mass is 371 g/mol. The van der Waals surface area contributed by atoms with E-state index < -0.39 is 9.84 Å². The quantitative estimate of drug-likeness (QED) is 0.744. The molecule has 3 heterocycles. The molecule has 0 spiro atoms. The summed E-state index contributed by atoms with van der Waals surface area (Å²) in [4.78, 5) is 6.80. The Morgan fingerprint density at radius 1 is 1.15 bits per heavy atom. The van der Waals surface area contributed by atoms with E-state index in [0.717, 1.165) is 11.5 Å². The standard InChI is InChI=1S/C16H17N7O2S/c1-21-10-13(9-17-21)22-7-8-23-15(11-22)19-16(20-23)18-12-3-5-14(6-4-12)26(2,24)25/h3-10H,11H2,1-2H3,(H,18,20). The van der Waals surface area contributed by atoms with Gasteiger partial charge in [0.1, 0.15) is 0 Å². The summed E-state index contributed by atoms with van der Waals surface area (Å²) in [6.07, 6.45) is 8.65. The molecule has 0 amide bonds. The topological polar surface area (TPSA) is 97.9 Å². The predicted molar refractivity (Wildman–Crippen MR) is 97.6 cm³/mol. The summed E-state index contributed by atoms with van der Waals surface area (Å²) < 4.78 is 26.5. The van der Waals surface area contributed by atoms with Gasteiger partial charge in [0.2, 0.25) is 5.95 Å². The van der Waals surface area contributed by atoms with Gasteiger partial charge < -0.3 is 10.2 Å². The average Bonchev–Trinajstić information content (AvgIpc) is 3.19. The summed E-state index contributed by atoms with van der Waals surface area (Å²) in [6.45, 7) is 0.573. The van der Waals surface area contributed by atoms with E-state index in [1.165, 1.54) is 6.26 Å². The molecule has 1 aliphatic rings. The van der Waals surface area contributed by atoms with Crippen molar-refractivity contribution in [2.75, 3.05) is 16.5 Å². The molecular formula is C16H17N7O2S. The minimum absolute atomic E-state index is 0.273. The van der Waals surface area contributed by atoms with Crippen LogP contribution in [0.3, 0.4) is 0 Å². The van der Waals surface area contributed by atoms with Crippen LogP contribution < -0.4 is 10.2 Å². The maximum atomic E-state index is 11.5. The third kappa shape index (κ3) is 3.18. The molecule has 0 aliphatic carbocycles. The van der Waals surface area contributed by atoms with E-state index >= 15 is 0 Å². The second kappa shape index (κ2) is 5.99. The first kappa shape index (κ1) is 16.3. The number of rotatable bonds is 4. The molecule has 0 radical (unpaired) electrons. The van der Waals surface area contributed by atoms with Gasteiger partial charge in [-0.2, -0.15) is 10.1 Å². The lowest BCUT2D eigenvalue weighted by Crippen LogP contribution is -2.21. The SMILES string of the molecule is Cn1cc(N2C=Cn3nc(Nc4ccc(S(C)(=O)=O)cc4)nc3C2)cn1. The second-order valence-electron chi connectivity index (χ2n) is 6.02. The van der Waals surface area contributed by atoms with Crippen molar-refractivity contribution in [1.82, 2.24) is 24.5 Å². The Morgan fingerprint density at radius 2 is 1.92 bits per heavy atom. The van der Waals surface area contributed by atoms with Gasteiger partial charge >= 0.3 is 0 Å². The number of benzene rings is 1.